The molecular weight excluding hydrogens is 222 g/mol. The number of carboxylic acids is 1. The van der Waals surface area contributed by atoms with Crippen LogP contribution in [0.25, 0.3) is 0 Å². The molecule has 0 aliphatic carbocycles. The normalized spacial score (nSPS) is 15.6. The number of hydrogen-bond donors (Lipinski definition) is 1. The van der Waals surface area contributed by atoms with E-state index in [4.69, 9.17) is 9.52 Å². The highest BCUT2D eigenvalue weighted by molar-refractivity contribution is 5.95. The van der Waals surface area contributed by atoms with E-state index in [-0.39, 0.29) is 17.2 Å². The Balaban J connectivity index is 2.14. The molecule has 2 rings (SSSR count). The van der Waals surface area contributed by atoms with Gasteiger partial charge in [0.05, 0.1) is 5.56 Å². The van der Waals surface area contributed by atoms with Gasteiger partial charge in [0, 0.05) is 19.2 Å². The van der Waals surface area contributed by atoms with Gasteiger partial charge in [0.2, 0.25) is 0 Å². The van der Waals surface area contributed by atoms with Crippen molar-refractivity contribution in [1.82, 2.24) is 4.90 Å². The first-order chi connectivity index (χ1) is 8.08. The van der Waals surface area contributed by atoms with Crippen molar-refractivity contribution >= 4 is 11.9 Å². The fourth-order valence-electron chi connectivity index (χ4n) is 1.80. The smallest absolute Gasteiger partial charge is 0.338 e. The van der Waals surface area contributed by atoms with E-state index < -0.39 is 5.97 Å². The van der Waals surface area contributed by atoms with Crippen LogP contribution in [0.2, 0.25) is 0 Å². The van der Waals surface area contributed by atoms with Gasteiger partial charge in [-0.3, -0.25) is 4.79 Å². The molecule has 0 bridgehead atoms. The highest BCUT2D eigenvalue weighted by Gasteiger charge is 2.22. The summed E-state index contributed by atoms with van der Waals surface area (Å²) in [6.45, 7) is 3.17. The van der Waals surface area contributed by atoms with Crippen LogP contribution in [-0.4, -0.2) is 35.0 Å². The van der Waals surface area contributed by atoms with Crippen molar-refractivity contribution in [3.63, 3.8) is 0 Å². The molecule has 2 heterocycles. The molecule has 5 nitrogen and oxygen atoms in total. The van der Waals surface area contributed by atoms with Gasteiger partial charge in [-0.15, -0.1) is 0 Å². The zero-order valence-corrected chi connectivity index (χ0v) is 9.47. The summed E-state index contributed by atoms with van der Waals surface area (Å²) in [4.78, 5) is 24.3. The molecule has 0 unspecified atom stereocenters. The maximum atomic E-state index is 12.0. The lowest BCUT2D eigenvalue weighted by Gasteiger charge is -2.25. The van der Waals surface area contributed by atoms with Crippen molar-refractivity contribution in [3.8, 4) is 0 Å². The van der Waals surface area contributed by atoms with Gasteiger partial charge in [-0.05, 0) is 13.3 Å². The predicted octanol–water partition coefficient (Wildman–Crippen LogP) is 1.77. The molecule has 90 valence electrons. The Morgan fingerprint density at radius 3 is 2.82 bits per heavy atom. The Kier molecular flexibility index (Phi) is 2.99. The van der Waals surface area contributed by atoms with Gasteiger partial charge in [0.15, 0.2) is 5.76 Å². The lowest BCUT2D eigenvalue weighted by atomic mass is 10.1. The van der Waals surface area contributed by atoms with Crippen molar-refractivity contribution in [2.45, 2.75) is 13.3 Å². The quantitative estimate of drug-likeness (QED) is 0.793. The van der Waals surface area contributed by atoms with E-state index in [1.165, 1.54) is 6.07 Å². The summed E-state index contributed by atoms with van der Waals surface area (Å²) >= 11 is 0. The first-order valence-corrected chi connectivity index (χ1v) is 5.34. The zero-order chi connectivity index (χ0) is 12.4. The third-order valence-electron chi connectivity index (χ3n) is 2.68. The van der Waals surface area contributed by atoms with Crippen LogP contribution >= 0.6 is 0 Å². The molecule has 1 aromatic rings. The van der Waals surface area contributed by atoms with Gasteiger partial charge < -0.3 is 14.4 Å². The Bertz CT molecular complexity index is 486. The van der Waals surface area contributed by atoms with E-state index in [0.717, 1.165) is 18.3 Å². The zero-order valence-electron chi connectivity index (χ0n) is 9.47. The minimum absolute atomic E-state index is 0.00220. The molecular formula is C12H13NO4. The second kappa shape index (κ2) is 4.45. The van der Waals surface area contributed by atoms with E-state index in [2.05, 4.69) is 6.08 Å². The van der Waals surface area contributed by atoms with Crippen LogP contribution in [0.4, 0.5) is 0 Å². The molecule has 17 heavy (non-hydrogen) atoms. The summed E-state index contributed by atoms with van der Waals surface area (Å²) < 4.78 is 4.98. The molecule has 0 atom stereocenters. The SMILES string of the molecule is CC1=CCCN(C(=O)c2cc(C(=O)O)co2)C1. The fourth-order valence-corrected chi connectivity index (χ4v) is 1.80. The summed E-state index contributed by atoms with van der Waals surface area (Å²) in [5, 5.41) is 8.74. The van der Waals surface area contributed by atoms with Crippen LogP contribution in [0, 0.1) is 0 Å². The number of carboxylic acid groups (broad SMARTS) is 1. The molecule has 1 aromatic heterocycles. The predicted molar refractivity (Wildman–Crippen MR) is 59.9 cm³/mol. The Morgan fingerprint density at radius 2 is 2.24 bits per heavy atom. The monoisotopic (exact) mass is 235 g/mol. The van der Waals surface area contributed by atoms with E-state index in [9.17, 15) is 9.59 Å². The van der Waals surface area contributed by atoms with E-state index in [0.29, 0.717) is 13.1 Å². The molecule has 0 spiro atoms. The van der Waals surface area contributed by atoms with E-state index >= 15 is 0 Å². The lowest BCUT2D eigenvalue weighted by molar-refractivity contribution is 0.0694. The number of aromatic carboxylic acids is 1. The van der Waals surface area contributed by atoms with Crippen molar-refractivity contribution in [3.05, 3.63) is 35.3 Å². The summed E-state index contributed by atoms with van der Waals surface area (Å²) in [6.07, 6.45) is 4.00. The number of hydrogen-bond acceptors (Lipinski definition) is 3. The standard InChI is InChI=1S/C12H13NO4/c1-8-3-2-4-13(6-8)11(14)10-5-9(7-17-10)12(15)16/h3,5,7H,2,4,6H2,1H3,(H,15,16). The lowest BCUT2D eigenvalue weighted by Crippen LogP contribution is -2.35. The third kappa shape index (κ3) is 2.38. The average molecular weight is 235 g/mol. The van der Waals surface area contributed by atoms with Crippen molar-refractivity contribution in [1.29, 1.82) is 0 Å². The Hall–Kier alpha value is -2.04. The molecule has 1 aliphatic heterocycles. The molecule has 0 saturated heterocycles. The van der Waals surface area contributed by atoms with Crippen molar-refractivity contribution in [2.24, 2.45) is 0 Å². The second-order valence-corrected chi connectivity index (χ2v) is 4.07. The largest absolute Gasteiger partial charge is 0.478 e. The number of carbonyl (C=O) groups is 2. The number of amides is 1. The van der Waals surface area contributed by atoms with Gasteiger partial charge in [0.1, 0.15) is 6.26 Å². The third-order valence-corrected chi connectivity index (χ3v) is 2.68. The number of carbonyl (C=O) groups excluding carboxylic acids is 1. The Morgan fingerprint density at radius 1 is 1.47 bits per heavy atom. The van der Waals surface area contributed by atoms with E-state index in [1.54, 1.807) is 4.90 Å². The summed E-state index contributed by atoms with van der Waals surface area (Å²) in [5.74, 6) is -1.27. The number of nitrogens with zero attached hydrogens (tertiary/aromatic N) is 1. The van der Waals surface area contributed by atoms with Crippen molar-refractivity contribution < 1.29 is 19.1 Å². The van der Waals surface area contributed by atoms with Crippen LogP contribution in [0.3, 0.4) is 0 Å². The first-order valence-electron chi connectivity index (χ1n) is 5.34. The second-order valence-electron chi connectivity index (χ2n) is 4.07. The van der Waals surface area contributed by atoms with Crippen LogP contribution < -0.4 is 0 Å². The Labute approximate surface area is 98.3 Å². The molecule has 0 aromatic carbocycles. The average Bonchev–Trinajstić information content (AvgIpc) is 2.77. The highest BCUT2D eigenvalue weighted by atomic mass is 16.4. The van der Waals surface area contributed by atoms with Gasteiger partial charge in [-0.2, -0.15) is 0 Å². The molecule has 1 aliphatic rings. The maximum absolute atomic E-state index is 12.0. The fraction of sp³-hybridized carbons (Fsp3) is 0.333. The maximum Gasteiger partial charge on any atom is 0.338 e. The van der Waals surface area contributed by atoms with Gasteiger partial charge in [-0.1, -0.05) is 11.6 Å². The molecule has 1 N–H and O–H groups in total. The molecule has 5 heteroatoms. The number of furan rings is 1. The molecule has 1 amide bonds. The van der Waals surface area contributed by atoms with Gasteiger partial charge in [-0.25, -0.2) is 4.79 Å². The molecule has 0 saturated carbocycles. The topological polar surface area (TPSA) is 70.8 Å². The first kappa shape index (κ1) is 11.4. The van der Waals surface area contributed by atoms with Crippen LogP contribution in [0.1, 0.15) is 34.3 Å². The summed E-state index contributed by atoms with van der Waals surface area (Å²) in [7, 11) is 0. The molecule has 0 fully saturated rings. The summed E-state index contributed by atoms with van der Waals surface area (Å²) in [6, 6.07) is 1.26. The van der Waals surface area contributed by atoms with Gasteiger partial charge >= 0.3 is 5.97 Å². The summed E-state index contributed by atoms with van der Waals surface area (Å²) in [5.41, 5.74) is 1.13. The molecule has 0 radical (unpaired) electrons. The van der Waals surface area contributed by atoms with E-state index in [1.807, 2.05) is 6.92 Å². The van der Waals surface area contributed by atoms with Gasteiger partial charge in [0.25, 0.3) is 5.91 Å². The van der Waals surface area contributed by atoms with Crippen LogP contribution in [0.5, 0.6) is 0 Å². The minimum Gasteiger partial charge on any atom is -0.478 e. The van der Waals surface area contributed by atoms with Crippen molar-refractivity contribution in [2.75, 3.05) is 13.1 Å². The number of rotatable bonds is 2. The minimum atomic E-state index is -1.09. The van der Waals surface area contributed by atoms with Crippen LogP contribution in [-0.2, 0) is 0 Å². The highest BCUT2D eigenvalue weighted by Crippen LogP contribution is 2.15. The van der Waals surface area contributed by atoms with Crippen LogP contribution in [0.15, 0.2) is 28.4 Å².